The van der Waals surface area contributed by atoms with Crippen molar-refractivity contribution < 1.29 is 4.79 Å². The van der Waals surface area contributed by atoms with Gasteiger partial charge in [-0.15, -0.1) is 11.8 Å². The summed E-state index contributed by atoms with van der Waals surface area (Å²) in [6.45, 7) is 4.23. The van der Waals surface area contributed by atoms with Gasteiger partial charge in [-0.3, -0.25) is 4.79 Å². The molecule has 0 radical (unpaired) electrons. The molecular weight excluding hydrogens is 196 g/mol. The van der Waals surface area contributed by atoms with Crippen LogP contribution in [-0.2, 0) is 4.79 Å². The largest absolute Gasteiger partial charge is 0.329 e. The number of carbonyl (C=O) groups is 1. The highest BCUT2D eigenvalue weighted by Gasteiger charge is 2.24. The fraction of sp³-hybridized carbons (Fsp3) is 0.700. The van der Waals surface area contributed by atoms with Crippen LogP contribution in [0, 0.1) is 5.92 Å². The summed E-state index contributed by atoms with van der Waals surface area (Å²) in [5.41, 5.74) is 1.08. The van der Waals surface area contributed by atoms with Gasteiger partial charge in [0.1, 0.15) is 0 Å². The fourth-order valence-corrected chi connectivity index (χ4v) is 3.16. The van der Waals surface area contributed by atoms with Gasteiger partial charge in [-0.2, -0.15) is 0 Å². The van der Waals surface area contributed by atoms with Crippen molar-refractivity contribution in [2.45, 2.75) is 19.8 Å². The van der Waals surface area contributed by atoms with E-state index >= 15 is 0 Å². The highest BCUT2D eigenvalue weighted by molar-refractivity contribution is 8.03. The standard InChI is InChI=1S/C10H16N2OS/c1-7-10(14-6-9(13)12-7)8-2-4-11-5-3-8/h8,11H,2-6H2,1H3,(H,12,13). The smallest absolute Gasteiger partial charge is 0.234 e. The number of carbonyl (C=O) groups excluding carboxylic acids is 1. The summed E-state index contributed by atoms with van der Waals surface area (Å²) in [5.74, 6) is 1.41. The molecule has 3 nitrogen and oxygen atoms in total. The number of thioether (sulfide) groups is 1. The zero-order chi connectivity index (χ0) is 9.97. The van der Waals surface area contributed by atoms with E-state index in [0.717, 1.165) is 18.8 Å². The Labute approximate surface area is 88.7 Å². The summed E-state index contributed by atoms with van der Waals surface area (Å²) in [5, 5.41) is 6.28. The molecule has 2 aliphatic rings. The average molecular weight is 212 g/mol. The molecule has 0 aliphatic carbocycles. The molecule has 14 heavy (non-hydrogen) atoms. The summed E-state index contributed by atoms with van der Waals surface area (Å²) in [4.78, 5) is 12.5. The van der Waals surface area contributed by atoms with Crippen molar-refractivity contribution in [1.29, 1.82) is 0 Å². The second kappa shape index (κ2) is 4.36. The topological polar surface area (TPSA) is 41.1 Å². The number of hydrogen-bond donors (Lipinski definition) is 2. The lowest BCUT2D eigenvalue weighted by molar-refractivity contribution is -0.117. The summed E-state index contributed by atoms with van der Waals surface area (Å²) in [7, 11) is 0. The van der Waals surface area contributed by atoms with Gasteiger partial charge in [0.15, 0.2) is 0 Å². The Bertz CT molecular complexity index is 269. The molecule has 0 aromatic heterocycles. The third kappa shape index (κ3) is 2.12. The Morgan fingerprint density at radius 1 is 1.36 bits per heavy atom. The molecule has 78 valence electrons. The van der Waals surface area contributed by atoms with Crippen molar-refractivity contribution >= 4 is 17.7 Å². The first-order chi connectivity index (χ1) is 6.77. The van der Waals surface area contributed by atoms with E-state index < -0.39 is 0 Å². The second-order valence-corrected chi connectivity index (χ2v) is 4.87. The minimum absolute atomic E-state index is 0.144. The monoisotopic (exact) mass is 212 g/mol. The van der Waals surface area contributed by atoms with Gasteiger partial charge in [0.05, 0.1) is 5.75 Å². The molecule has 4 heteroatoms. The lowest BCUT2D eigenvalue weighted by Gasteiger charge is -2.28. The van der Waals surface area contributed by atoms with Crippen LogP contribution in [0.2, 0.25) is 0 Å². The van der Waals surface area contributed by atoms with Gasteiger partial charge < -0.3 is 10.6 Å². The van der Waals surface area contributed by atoms with E-state index in [0.29, 0.717) is 11.7 Å². The number of hydrogen-bond acceptors (Lipinski definition) is 3. The van der Waals surface area contributed by atoms with Gasteiger partial charge in [-0.05, 0) is 38.8 Å². The van der Waals surface area contributed by atoms with E-state index in [1.54, 1.807) is 11.8 Å². The first kappa shape index (κ1) is 10.1. The molecule has 2 heterocycles. The summed E-state index contributed by atoms with van der Waals surface area (Å²) in [6.07, 6.45) is 2.41. The van der Waals surface area contributed by atoms with E-state index in [1.807, 2.05) is 6.92 Å². The molecule has 2 N–H and O–H groups in total. The molecule has 0 saturated carbocycles. The van der Waals surface area contributed by atoms with Crippen LogP contribution in [0.1, 0.15) is 19.8 Å². The molecule has 0 spiro atoms. The minimum Gasteiger partial charge on any atom is -0.329 e. The van der Waals surface area contributed by atoms with E-state index in [2.05, 4.69) is 10.6 Å². The summed E-state index contributed by atoms with van der Waals surface area (Å²) >= 11 is 1.73. The summed E-state index contributed by atoms with van der Waals surface area (Å²) in [6, 6.07) is 0. The molecule has 0 bridgehead atoms. The highest BCUT2D eigenvalue weighted by Crippen LogP contribution is 2.34. The number of piperidine rings is 1. The maximum atomic E-state index is 11.1. The molecule has 2 rings (SSSR count). The third-order valence-electron chi connectivity index (χ3n) is 2.77. The molecule has 2 aliphatic heterocycles. The van der Waals surface area contributed by atoms with Crippen LogP contribution in [0.25, 0.3) is 0 Å². The zero-order valence-electron chi connectivity index (χ0n) is 8.43. The zero-order valence-corrected chi connectivity index (χ0v) is 9.25. The highest BCUT2D eigenvalue weighted by atomic mass is 32.2. The lowest BCUT2D eigenvalue weighted by Crippen LogP contribution is -2.33. The van der Waals surface area contributed by atoms with Crippen molar-refractivity contribution in [2.24, 2.45) is 5.92 Å². The van der Waals surface area contributed by atoms with E-state index in [-0.39, 0.29) is 5.91 Å². The van der Waals surface area contributed by atoms with Gasteiger partial charge in [-0.1, -0.05) is 0 Å². The van der Waals surface area contributed by atoms with Gasteiger partial charge >= 0.3 is 0 Å². The maximum Gasteiger partial charge on any atom is 0.234 e. The van der Waals surface area contributed by atoms with Crippen LogP contribution in [0.3, 0.4) is 0 Å². The maximum absolute atomic E-state index is 11.1. The lowest BCUT2D eigenvalue weighted by atomic mass is 9.96. The Morgan fingerprint density at radius 2 is 2.07 bits per heavy atom. The Morgan fingerprint density at radius 3 is 2.71 bits per heavy atom. The molecule has 0 aromatic carbocycles. The quantitative estimate of drug-likeness (QED) is 0.683. The van der Waals surface area contributed by atoms with Gasteiger partial charge in [0.2, 0.25) is 5.91 Å². The third-order valence-corrected chi connectivity index (χ3v) is 4.12. The van der Waals surface area contributed by atoms with Crippen LogP contribution < -0.4 is 10.6 Å². The minimum atomic E-state index is 0.144. The van der Waals surface area contributed by atoms with Crippen molar-refractivity contribution in [3.05, 3.63) is 10.6 Å². The number of allylic oxidation sites excluding steroid dienone is 2. The van der Waals surface area contributed by atoms with Crippen molar-refractivity contribution in [3.63, 3.8) is 0 Å². The van der Waals surface area contributed by atoms with Crippen LogP contribution in [0.4, 0.5) is 0 Å². The molecule has 1 fully saturated rings. The van der Waals surface area contributed by atoms with Crippen molar-refractivity contribution in [1.82, 2.24) is 10.6 Å². The van der Waals surface area contributed by atoms with Crippen LogP contribution in [0.15, 0.2) is 10.6 Å². The van der Waals surface area contributed by atoms with Crippen LogP contribution >= 0.6 is 11.8 Å². The molecule has 0 aromatic rings. The average Bonchev–Trinajstić information content (AvgIpc) is 2.19. The first-order valence-corrected chi connectivity index (χ1v) is 6.10. The predicted octanol–water partition coefficient (Wildman–Crippen LogP) is 1.08. The van der Waals surface area contributed by atoms with Crippen molar-refractivity contribution in [3.8, 4) is 0 Å². The molecule has 0 unspecified atom stereocenters. The van der Waals surface area contributed by atoms with E-state index in [4.69, 9.17) is 0 Å². The fourth-order valence-electron chi connectivity index (χ4n) is 2.07. The van der Waals surface area contributed by atoms with E-state index in [9.17, 15) is 4.79 Å². The molecule has 1 saturated heterocycles. The number of amides is 1. The van der Waals surface area contributed by atoms with Gasteiger partial charge in [0, 0.05) is 10.6 Å². The number of nitrogens with one attached hydrogen (secondary N) is 2. The Hall–Kier alpha value is -0.480. The summed E-state index contributed by atoms with van der Waals surface area (Å²) < 4.78 is 0. The Balaban J connectivity index is 2.08. The number of rotatable bonds is 1. The van der Waals surface area contributed by atoms with Gasteiger partial charge in [-0.25, -0.2) is 0 Å². The van der Waals surface area contributed by atoms with Crippen molar-refractivity contribution in [2.75, 3.05) is 18.8 Å². The molecule has 0 atom stereocenters. The van der Waals surface area contributed by atoms with E-state index in [1.165, 1.54) is 17.7 Å². The van der Waals surface area contributed by atoms with Crippen LogP contribution in [-0.4, -0.2) is 24.7 Å². The first-order valence-electron chi connectivity index (χ1n) is 5.11. The second-order valence-electron chi connectivity index (χ2n) is 3.85. The molecular formula is C10H16N2OS. The SMILES string of the molecule is CC1=C(C2CCNCC2)SCC(=O)N1. The van der Waals surface area contributed by atoms with Crippen LogP contribution in [0.5, 0.6) is 0 Å². The normalized spacial score (nSPS) is 25.1. The predicted molar refractivity (Wildman–Crippen MR) is 58.9 cm³/mol. The molecule has 1 amide bonds. The van der Waals surface area contributed by atoms with Gasteiger partial charge in [0.25, 0.3) is 0 Å². The Kier molecular flexibility index (Phi) is 3.13.